The Bertz CT molecular complexity index is 2240. The monoisotopic (exact) mass is 763 g/mol. The van der Waals surface area contributed by atoms with Crippen LogP contribution in [0.5, 0.6) is 17.2 Å². The first-order chi connectivity index (χ1) is 23.2. The normalized spacial score (nSPS) is 14.3. The van der Waals surface area contributed by atoms with Crippen molar-refractivity contribution in [2.24, 2.45) is 4.99 Å². The Balaban J connectivity index is 1.40. The molecule has 4 aromatic carbocycles. The summed E-state index contributed by atoms with van der Waals surface area (Å²) in [6.45, 7) is 1.98. The van der Waals surface area contributed by atoms with E-state index in [1.54, 1.807) is 86.4 Å². The molecule has 0 fully saturated rings. The number of amides is 1. The highest BCUT2D eigenvalue weighted by molar-refractivity contribution is 9.10. The first kappa shape index (κ1) is 33.5. The molecule has 5 aromatic rings. The lowest BCUT2D eigenvalue weighted by Gasteiger charge is -2.25. The van der Waals surface area contributed by atoms with Gasteiger partial charge in [-0.25, -0.2) is 4.99 Å². The van der Waals surface area contributed by atoms with Gasteiger partial charge in [-0.1, -0.05) is 86.9 Å². The van der Waals surface area contributed by atoms with Crippen molar-refractivity contribution in [2.75, 3.05) is 19.5 Å². The van der Waals surface area contributed by atoms with Crippen LogP contribution in [0, 0.1) is 0 Å². The summed E-state index contributed by atoms with van der Waals surface area (Å²) >= 11 is 17.2. The summed E-state index contributed by atoms with van der Waals surface area (Å²) in [6.07, 6.45) is 1.77. The Kier molecular flexibility index (Phi) is 10.1. The number of hydrogen-bond acceptors (Lipinski definition) is 7. The van der Waals surface area contributed by atoms with Crippen molar-refractivity contribution in [1.29, 1.82) is 0 Å². The number of allylic oxidation sites excluding steroid dienone is 1. The molecule has 0 saturated heterocycles. The van der Waals surface area contributed by atoms with Gasteiger partial charge in [0.1, 0.15) is 12.4 Å². The van der Waals surface area contributed by atoms with Gasteiger partial charge in [0.05, 0.1) is 36.1 Å². The predicted octanol–water partition coefficient (Wildman–Crippen LogP) is 7.54. The van der Waals surface area contributed by atoms with Crippen LogP contribution in [0.4, 0.5) is 5.69 Å². The first-order valence-electron chi connectivity index (χ1n) is 14.6. The number of methoxy groups -OCH3 is 2. The number of anilines is 1. The fourth-order valence-corrected chi connectivity index (χ4v) is 7.24. The van der Waals surface area contributed by atoms with Crippen molar-refractivity contribution in [3.63, 3.8) is 0 Å². The van der Waals surface area contributed by atoms with E-state index in [0.29, 0.717) is 63.6 Å². The van der Waals surface area contributed by atoms with Gasteiger partial charge in [-0.15, -0.1) is 0 Å². The number of para-hydroxylation sites is 1. The van der Waals surface area contributed by atoms with Crippen LogP contribution in [0.15, 0.2) is 110 Å². The molecule has 1 atom stereocenters. The highest BCUT2D eigenvalue weighted by Gasteiger charge is 2.32. The quantitative estimate of drug-likeness (QED) is 0.168. The molecule has 8 nitrogen and oxygen atoms in total. The van der Waals surface area contributed by atoms with Crippen LogP contribution in [0.1, 0.15) is 29.7 Å². The standard InChI is InChI=1S/C36H28BrCl2N3O5S/c1-20-32(34(43)41-25-7-5-4-6-8-25)33(21-10-13-26(45-2)14-11-21)42-35(44)31(48-36(42)40-20)16-23-15-29(46-3)30(18-27(23)37)47-19-22-9-12-24(38)17-28(22)39/h4-18,33H,19H2,1-3H3,(H,41,43)/b31-16+/t33-/m1/s1. The lowest BCUT2D eigenvalue weighted by molar-refractivity contribution is -0.113. The summed E-state index contributed by atoms with van der Waals surface area (Å²) in [5, 5.41) is 4.00. The Morgan fingerprint density at radius 3 is 2.44 bits per heavy atom. The summed E-state index contributed by atoms with van der Waals surface area (Å²) in [5.41, 5.74) is 3.42. The second kappa shape index (κ2) is 14.4. The third-order valence-electron chi connectivity index (χ3n) is 7.70. The number of carbonyl (C=O) groups is 1. The smallest absolute Gasteiger partial charge is 0.271 e. The van der Waals surface area contributed by atoms with Crippen molar-refractivity contribution < 1.29 is 19.0 Å². The number of rotatable bonds is 9. The van der Waals surface area contributed by atoms with Gasteiger partial charge < -0.3 is 19.5 Å². The summed E-state index contributed by atoms with van der Waals surface area (Å²) in [6, 6.07) is 24.5. The summed E-state index contributed by atoms with van der Waals surface area (Å²) in [4.78, 5) is 33.2. The molecule has 12 heteroatoms. The molecular weight excluding hydrogens is 737 g/mol. The van der Waals surface area contributed by atoms with E-state index in [4.69, 9.17) is 42.4 Å². The minimum Gasteiger partial charge on any atom is -0.497 e. The molecule has 6 rings (SSSR count). The van der Waals surface area contributed by atoms with Crippen LogP contribution in [0.25, 0.3) is 6.08 Å². The van der Waals surface area contributed by atoms with Crippen molar-refractivity contribution in [2.45, 2.75) is 19.6 Å². The SMILES string of the molecule is COc1ccc([C@@H]2C(C(=O)Nc3ccccc3)=C(C)N=c3s/c(=C/c4cc(OC)c(OCc5ccc(Cl)cc5Cl)cc4Br)c(=O)n32)cc1. The molecule has 1 aromatic heterocycles. The van der Waals surface area contributed by atoms with E-state index in [9.17, 15) is 9.59 Å². The van der Waals surface area contributed by atoms with Gasteiger partial charge >= 0.3 is 0 Å². The highest BCUT2D eigenvalue weighted by Crippen LogP contribution is 2.36. The molecule has 2 heterocycles. The Morgan fingerprint density at radius 1 is 1.00 bits per heavy atom. The maximum absolute atomic E-state index is 14.2. The number of nitrogens with zero attached hydrogens (tertiary/aromatic N) is 2. The van der Waals surface area contributed by atoms with E-state index in [1.807, 2.05) is 30.3 Å². The van der Waals surface area contributed by atoms with Crippen LogP contribution in [0.2, 0.25) is 10.0 Å². The van der Waals surface area contributed by atoms with Gasteiger partial charge in [0.25, 0.3) is 11.5 Å². The van der Waals surface area contributed by atoms with Gasteiger partial charge in [-0.2, -0.15) is 0 Å². The van der Waals surface area contributed by atoms with Crippen molar-refractivity contribution >= 4 is 68.1 Å². The summed E-state index contributed by atoms with van der Waals surface area (Å²) < 4.78 is 19.7. The molecule has 0 spiro atoms. The average Bonchev–Trinajstić information content (AvgIpc) is 3.38. The zero-order valence-corrected chi connectivity index (χ0v) is 29.8. The molecular formula is C36H28BrCl2N3O5S. The molecule has 0 aliphatic carbocycles. The summed E-state index contributed by atoms with van der Waals surface area (Å²) in [5.74, 6) is 1.26. The van der Waals surface area contributed by atoms with Gasteiger partial charge in [0, 0.05) is 25.8 Å². The molecule has 0 radical (unpaired) electrons. The Morgan fingerprint density at radius 2 is 1.75 bits per heavy atom. The minimum atomic E-state index is -0.730. The number of halogens is 3. The Labute approximate surface area is 298 Å². The van der Waals surface area contributed by atoms with E-state index >= 15 is 0 Å². The first-order valence-corrected chi connectivity index (χ1v) is 17.0. The molecule has 1 aliphatic heterocycles. The zero-order chi connectivity index (χ0) is 33.9. The third kappa shape index (κ3) is 6.93. The fraction of sp³-hybridized carbons (Fsp3) is 0.139. The van der Waals surface area contributed by atoms with Crippen molar-refractivity contribution in [1.82, 2.24) is 4.57 Å². The van der Waals surface area contributed by atoms with Gasteiger partial charge in [0.2, 0.25) is 0 Å². The van der Waals surface area contributed by atoms with Gasteiger partial charge in [-0.05, 0) is 72.7 Å². The van der Waals surface area contributed by atoms with E-state index in [1.165, 1.54) is 11.3 Å². The lowest BCUT2D eigenvalue weighted by atomic mass is 9.95. The van der Waals surface area contributed by atoms with E-state index in [0.717, 1.165) is 11.1 Å². The number of carbonyl (C=O) groups excluding carboxylic acids is 1. The number of thiazole rings is 1. The lowest BCUT2D eigenvalue weighted by Crippen LogP contribution is -2.40. The highest BCUT2D eigenvalue weighted by atomic mass is 79.9. The maximum Gasteiger partial charge on any atom is 0.271 e. The molecule has 244 valence electrons. The third-order valence-corrected chi connectivity index (χ3v) is 9.95. The molecule has 1 aliphatic rings. The number of aromatic nitrogens is 1. The molecule has 1 amide bonds. The topological polar surface area (TPSA) is 91.2 Å². The fourth-order valence-electron chi connectivity index (χ4n) is 5.30. The van der Waals surface area contributed by atoms with E-state index < -0.39 is 6.04 Å². The van der Waals surface area contributed by atoms with Crippen LogP contribution in [-0.4, -0.2) is 24.7 Å². The minimum absolute atomic E-state index is 0.196. The van der Waals surface area contributed by atoms with Crippen molar-refractivity contribution in [3.8, 4) is 17.2 Å². The number of hydrogen-bond donors (Lipinski definition) is 1. The second-order valence-electron chi connectivity index (χ2n) is 10.7. The molecule has 1 N–H and O–H groups in total. The average molecular weight is 766 g/mol. The molecule has 0 bridgehead atoms. The maximum atomic E-state index is 14.2. The zero-order valence-electron chi connectivity index (χ0n) is 25.9. The molecule has 0 unspecified atom stereocenters. The second-order valence-corrected chi connectivity index (χ2v) is 13.4. The van der Waals surface area contributed by atoms with Gasteiger partial charge in [0.15, 0.2) is 16.3 Å². The van der Waals surface area contributed by atoms with Crippen LogP contribution in [0.3, 0.4) is 0 Å². The predicted molar refractivity (Wildman–Crippen MR) is 193 cm³/mol. The number of fused-ring (bicyclic) bond motifs is 1. The van der Waals surface area contributed by atoms with Crippen LogP contribution >= 0.6 is 50.5 Å². The van der Waals surface area contributed by atoms with Crippen molar-refractivity contribution in [3.05, 3.63) is 147 Å². The van der Waals surface area contributed by atoms with E-state index in [-0.39, 0.29) is 18.1 Å². The molecule has 0 saturated carbocycles. The summed E-state index contributed by atoms with van der Waals surface area (Å²) in [7, 11) is 3.13. The van der Waals surface area contributed by atoms with Gasteiger partial charge in [-0.3, -0.25) is 14.2 Å². The number of benzene rings is 4. The van der Waals surface area contributed by atoms with E-state index in [2.05, 4.69) is 21.2 Å². The van der Waals surface area contributed by atoms with Crippen LogP contribution in [-0.2, 0) is 11.4 Å². The number of nitrogens with one attached hydrogen (secondary N) is 1. The molecule has 48 heavy (non-hydrogen) atoms. The van der Waals surface area contributed by atoms with Crippen LogP contribution < -0.4 is 34.4 Å². The largest absolute Gasteiger partial charge is 0.497 e. The Hall–Kier alpha value is -4.35. The number of ether oxygens (including phenoxy) is 3.